The SMILES string of the molecule is O=S(=O)(c1cccc(Cl)c1)N1CCN(Cc2nc(-c3cccc(C(F)(F)F)c3)no2)CC1. The zero-order valence-corrected chi connectivity index (χ0v) is 18.2. The lowest BCUT2D eigenvalue weighted by molar-refractivity contribution is -0.137. The van der Waals surface area contributed by atoms with Crippen molar-refractivity contribution >= 4 is 21.6 Å². The zero-order valence-electron chi connectivity index (χ0n) is 16.6. The Morgan fingerprint density at radius 3 is 2.44 bits per heavy atom. The molecule has 1 saturated heterocycles. The largest absolute Gasteiger partial charge is 0.416 e. The Bertz CT molecular complexity index is 1210. The van der Waals surface area contributed by atoms with Gasteiger partial charge in [0, 0.05) is 36.8 Å². The summed E-state index contributed by atoms with van der Waals surface area (Å²) >= 11 is 5.91. The fourth-order valence-electron chi connectivity index (χ4n) is 3.37. The first-order valence-electron chi connectivity index (χ1n) is 9.61. The molecule has 3 aromatic rings. The molecule has 2 aromatic carbocycles. The van der Waals surface area contributed by atoms with Crippen molar-refractivity contribution in [3.8, 4) is 11.4 Å². The first-order valence-corrected chi connectivity index (χ1v) is 11.4. The molecule has 0 atom stereocenters. The molecule has 0 N–H and O–H groups in total. The smallest absolute Gasteiger partial charge is 0.338 e. The van der Waals surface area contributed by atoms with Crippen LogP contribution in [0.1, 0.15) is 11.5 Å². The maximum Gasteiger partial charge on any atom is 0.416 e. The van der Waals surface area contributed by atoms with Crippen molar-refractivity contribution in [1.29, 1.82) is 0 Å². The third kappa shape index (κ3) is 4.96. The van der Waals surface area contributed by atoms with E-state index < -0.39 is 21.8 Å². The van der Waals surface area contributed by atoms with E-state index in [-0.39, 0.29) is 41.8 Å². The van der Waals surface area contributed by atoms with E-state index in [1.54, 1.807) is 12.1 Å². The molecule has 1 fully saturated rings. The summed E-state index contributed by atoms with van der Waals surface area (Å²) in [7, 11) is -3.65. The van der Waals surface area contributed by atoms with Crippen LogP contribution in [0.25, 0.3) is 11.4 Å². The van der Waals surface area contributed by atoms with Crippen LogP contribution in [0, 0.1) is 0 Å². The van der Waals surface area contributed by atoms with Gasteiger partial charge in [-0.1, -0.05) is 35.0 Å². The predicted octanol–water partition coefficient (Wildman–Crippen LogP) is 3.92. The molecule has 0 aliphatic carbocycles. The van der Waals surface area contributed by atoms with Gasteiger partial charge in [-0.25, -0.2) is 8.42 Å². The van der Waals surface area contributed by atoms with E-state index in [2.05, 4.69) is 10.1 Å². The summed E-state index contributed by atoms with van der Waals surface area (Å²) in [4.78, 5) is 6.27. The van der Waals surface area contributed by atoms with Gasteiger partial charge in [-0.3, -0.25) is 4.90 Å². The zero-order chi connectivity index (χ0) is 22.9. The molecule has 12 heteroatoms. The predicted molar refractivity (Wildman–Crippen MR) is 110 cm³/mol. The van der Waals surface area contributed by atoms with Gasteiger partial charge in [0.05, 0.1) is 17.0 Å². The lowest BCUT2D eigenvalue weighted by Gasteiger charge is -2.33. The highest BCUT2D eigenvalue weighted by molar-refractivity contribution is 7.89. The lowest BCUT2D eigenvalue weighted by atomic mass is 10.1. The highest BCUT2D eigenvalue weighted by Gasteiger charge is 2.31. The Morgan fingerprint density at radius 1 is 1.03 bits per heavy atom. The molecule has 0 spiro atoms. The Balaban J connectivity index is 1.39. The van der Waals surface area contributed by atoms with Gasteiger partial charge in [0.1, 0.15) is 0 Å². The van der Waals surface area contributed by atoms with Gasteiger partial charge < -0.3 is 4.52 Å². The summed E-state index contributed by atoms with van der Waals surface area (Å²) in [6.45, 7) is 1.66. The van der Waals surface area contributed by atoms with Crippen LogP contribution in [-0.4, -0.2) is 53.9 Å². The fourth-order valence-corrected chi connectivity index (χ4v) is 5.09. The quantitative estimate of drug-likeness (QED) is 0.544. The molecular weight excluding hydrogens is 469 g/mol. The number of hydrogen-bond acceptors (Lipinski definition) is 6. The molecule has 2 heterocycles. The lowest BCUT2D eigenvalue weighted by Crippen LogP contribution is -2.48. The number of hydrogen-bond donors (Lipinski definition) is 0. The topological polar surface area (TPSA) is 79.5 Å². The molecule has 170 valence electrons. The van der Waals surface area contributed by atoms with Crippen molar-refractivity contribution in [2.24, 2.45) is 0 Å². The molecule has 0 amide bonds. The van der Waals surface area contributed by atoms with Crippen LogP contribution in [0.4, 0.5) is 13.2 Å². The summed E-state index contributed by atoms with van der Waals surface area (Å²) < 4.78 is 70.9. The van der Waals surface area contributed by atoms with Gasteiger partial charge in [0.15, 0.2) is 0 Å². The molecule has 1 aromatic heterocycles. The van der Waals surface area contributed by atoms with Crippen LogP contribution in [-0.2, 0) is 22.7 Å². The van der Waals surface area contributed by atoms with Crippen molar-refractivity contribution < 1.29 is 26.1 Å². The van der Waals surface area contributed by atoms with Gasteiger partial charge in [-0.2, -0.15) is 22.5 Å². The molecule has 0 bridgehead atoms. The summed E-state index contributed by atoms with van der Waals surface area (Å²) in [5.74, 6) is 0.303. The van der Waals surface area contributed by atoms with Crippen molar-refractivity contribution in [2.75, 3.05) is 26.2 Å². The average molecular weight is 487 g/mol. The Kier molecular flexibility index (Phi) is 6.26. The van der Waals surface area contributed by atoms with Crippen molar-refractivity contribution in [3.63, 3.8) is 0 Å². The third-order valence-corrected chi connectivity index (χ3v) is 7.17. The molecule has 0 unspecified atom stereocenters. The molecule has 0 radical (unpaired) electrons. The van der Waals surface area contributed by atoms with Crippen LogP contribution < -0.4 is 0 Å². The number of halogens is 4. The Hall–Kier alpha value is -2.47. The van der Waals surface area contributed by atoms with Crippen LogP contribution in [0.5, 0.6) is 0 Å². The second-order valence-electron chi connectivity index (χ2n) is 7.23. The number of piperazine rings is 1. The molecule has 4 rings (SSSR count). The summed E-state index contributed by atoms with van der Waals surface area (Å²) in [6.07, 6.45) is -4.46. The van der Waals surface area contributed by atoms with Crippen LogP contribution in [0.2, 0.25) is 5.02 Å². The summed E-state index contributed by atoms with van der Waals surface area (Å²) in [5.41, 5.74) is -0.592. The standard InChI is InChI=1S/C20H18ClF3N4O3S/c21-16-5-2-6-17(12-16)32(29,30)28-9-7-27(8-10-28)13-18-25-19(26-31-18)14-3-1-4-15(11-14)20(22,23)24/h1-6,11-12H,7-10,13H2. The summed E-state index contributed by atoms with van der Waals surface area (Å²) in [6, 6.07) is 10.8. The van der Waals surface area contributed by atoms with Crippen molar-refractivity contribution in [2.45, 2.75) is 17.6 Å². The van der Waals surface area contributed by atoms with Gasteiger partial charge in [-0.05, 0) is 30.3 Å². The van der Waals surface area contributed by atoms with Gasteiger partial charge >= 0.3 is 6.18 Å². The minimum Gasteiger partial charge on any atom is -0.338 e. The highest BCUT2D eigenvalue weighted by Crippen LogP contribution is 2.31. The van der Waals surface area contributed by atoms with E-state index in [4.69, 9.17) is 16.1 Å². The van der Waals surface area contributed by atoms with E-state index >= 15 is 0 Å². The molecule has 1 aliphatic rings. The van der Waals surface area contributed by atoms with E-state index in [9.17, 15) is 21.6 Å². The molecule has 0 saturated carbocycles. The van der Waals surface area contributed by atoms with Crippen LogP contribution >= 0.6 is 11.6 Å². The van der Waals surface area contributed by atoms with E-state index in [0.717, 1.165) is 12.1 Å². The summed E-state index contributed by atoms with van der Waals surface area (Å²) in [5, 5.41) is 4.12. The monoisotopic (exact) mass is 486 g/mol. The number of aromatic nitrogens is 2. The molecule has 32 heavy (non-hydrogen) atoms. The fraction of sp³-hybridized carbons (Fsp3) is 0.300. The first kappa shape index (κ1) is 22.7. The number of sulfonamides is 1. The number of benzene rings is 2. The molecule has 1 aliphatic heterocycles. The Labute approximate surface area is 187 Å². The maximum absolute atomic E-state index is 12.9. The first-order chi connectivity index (χ1) is 15.1. The minimum atomic E-state index is -4.46. The van der Waals surface area contributed by atoms with Gasteiger partial charge in [0.25, 0.3) is 0 Å². The molecule has 7 nitrogen and oxygen atoms in total. The highest BCUT2D eigenvalue weighted by atomic mass is 35.5. The number of rotatable bonds is 5. The van der Waals surface area contributed by atoms with E-state index in [1.165, 1.54) is 28.6 Å². The number of alkyl halides is 3. The Morgan fingerprint density at radius 2 is 1.75 bits per heavy atom. The molecular formula is C20H18ClF3N4O3S. The van der Waals surface area contributed by atoms with Crippen molar-refractivity contribution in [1.82, 2.24) is 19.3 Å². The van der Waals surface area contributed by atoms with Crippen molar-refractivity contribution in [3.05, 3.63) is 65.0 Å². The van der Waals surface area contributed by atoms with Gasteiger partial charge in [-0.15, -0.1) is 0 Å². The normalized spacial score (nSPS) is 16.4. The van der Waals surface area contributed by atoms with Crippen LogP contribution in [0.3, 0.4) is 0 Å². The maximum atomic E-state index is 12.9. The third-order valence-electron chi connectivity index (χ3n) is 5.04. The van der Waals surface area contributed by atoms with E-state index in [1.807, 2.05) is 4.90 Å². The average Bonchev–Trinajstić information content (AvgIpc) is 3.22. The van der Waals surface area contributed by atoms with E-state index in [0.29, 0.717) is 18.1 Å². The second kappa shape index (κ2) is 8.81. The second-order valence-corrected chi connectivity index (χ2v) is 9.60. The number of nitrogens with zero attached hydrogens (tertiary/aromatic N) is 4. The van der Waals surface area contributed by atoms with Crippen LogP contribution in [0.15, 0.2) is 57.9 Å². The van der Waals surface area contributed by atoms with Gasteiger partial charge in [0.2, 0.25) is 21.7 Å². The minimum absolute atomic E-state index is 0.0632.